The van der Waals surface area contributed by atoms with Gasteiger partial charge in [0.15, 0.2) is 11.5 Å². The number of hydrogen-bond acceptors (Lipinski definition) is 5. The number of sulfonamides is 1. The highest BCUT2D eigenvalue weighted by Crippen LogP contribution is 2.38. The SMILES string of the molecule is O=C(Nc1ccc(Cl)c(S(=O)(=O)N2CCCC2)c1)c1cc(Cl)c2c(c1)OCCO2. The fourth-order valence-electron chi connectivity index (χ4n) is 3.29. The third kappa shape index (κ3) is 4.02. The second kappa shape index (κ2) is 8.02. The van der Waals surface area contributed by atoms with E-state index in [9.17, 15) is 13.2 Å². The molecule has 2 aromatic carbocycles. The molecule has 1 saturated heterocycles. The Hall–Kier alpha value is -2.00. The number of anilines is 1. The first-order valence-electron chi connectivity index (χ1n) is 9.06. The van der Waals surface area contributed by atoms with Crippen molar-refractivity contribution in [2.75, 3.05) is 31.6 Å². The van der Waals surface area contributed by atoms with Crippen molar-refractivity contribution in [2.45, 2.75) is 17.7 Å². The Balaban J connectivity index is 1.60. The molecule has 10 heteroatoms. The molecule has 2 heterocycles. The summed E-state index contributed by atoms with van der Waals surface area (Å²) < 4.78 is 38.0. The van der Waals surface area contributed by atoms with Gasteiger partial charge in [0.2, 0.25) is 10.0 Å². The molecular weight excluding hydrogens is 439 g/mol. The average molecular weight is 457 g/mol. The average Bonchev–Trinajstić information content (AvgIpc) is 3.25. The van der Waals surface area contributed by atoms with Crippen LogP contribution in [0.2, 0.25) is 10.0 Å². The lowest BCUT2D eigenvalue weighted by molar-refractivity contribution is 0.102. The van der Waals surface area contributed by atoms with Crippen molar-refractivity contribution in [3.63, 3.8) is 0 Å². The molecular formula is C19H18Cl2N2O5S. The van der Waals surface area contributed by atoms with Crippen LogP contribution < -0.4 is 14.8 Å². The molecule has 2 aliphatic heterocycles. The molecule has 154 valence electrons. The molecule has 0 aliphatic carbocycles. The summed E-state index contributed by atoms with van der Waals surface area (Å²) in [6.07, 6.45) is 1.64. The largest absolute Gasteiger partial charge is 0.486 e. The minimum atomic E-state index is -3.72. The van der Waals surface area contributed by atoms with Crippen LogP contribution in [0, 0.1) is 0 Å². The van der Waals surface area contributed by atoms with E-state index in [0.717, 1.165) is 12.8 Å². The molecule has 2 aromatic rings. The van der Waals surface area contributed by atoms with E-state index in [0.29, 0.717) is 43.5 Å². The number of rotatable bonds is 4. The number of amides is 1. The summed E-state index contributed by atoms with van der Waals surface area (Å²) >= 11 is 12.3. The van der Waals surface area contributed by atoms with Gasteiger partial charge in [0.25, 0.3) is 5.91 Å². The molecule has 29 heavy (non-hydrogen) atoms. The van der Waals surface area contributed by atoms with E-state index in [1.165, 1.54) is 28.6 Å². The van der Waals surface area contributed by atoms with Crippen LogP contribution in [0.4, 0.5) is 5.69 Å². The first-order valence-corrected chi connectivity index (χ1v) is 11.3. The van der Waals surface area contributed by atoms with Crippen molar-refractivity contribution in [2.24, 2.45) is 0 Å². The standard InChI is InChI=1S/C19H18Cl2N2O5S/c20-14-4-3-13(11-17(14)29(25,26)23-5-1-2-6-23)22-19(24)12-9-15(21)18-16(10-12)27-7-8-28-18/h3-4,9-11H,1-2,5-8H2,(H,22,24). The Morgan fingerprint density at radius 2 is 1.72 bits per heavy atom. The molecule has 0 atom stereocenters. The van der Waals surface area contributed by atoms with E-state index in [4.69, 9.17) is 32.7 Å². The fourth-order valence-corrected chi connectivity index (χ4v) is 5.57. The number of carbonyl (C=O) groups excluding carboxylic acids is 1. The third-order valence-electron chi connectivity index (χ3n) is 4.73. The highest BCUT2D eigenvalue weighted by atomic mass is 35.5. The quantitative estimate of drug-likeness (QED) is 0.755. The van der Waals surface area contributed by atoms with Crippen molar-refractivity contribution < 1.29 is 22.7 Å². The van der Waals surface area contributed by atoms with Crippen LogP contribution in [-0.4, -0.2) is 44.9 Å². The number of nitrogens with one attached hydrogen (secondary N) is 1. The zero-order valence-corrected chi connectivity index (χ0v) is 17.6. The molecule has 7 nitrogen and oxygen atoms in total. The van der Waals surface area contributed by atoms with Crippen LogP contribution in [0.15, 0.2) is 35.2 Å². The van der Waals surface area contributed by atoms with Crippen molar-refractivity contribution in [3.8, 4) is 11.5 Å². The number of hydrogen-bond donors (Lipinski definition) is 1. The molecule has 1 N–H and O–H groups in total. The highest BCUT2D eigenvalue weighted by molar-refractivity contribution is 7.89. The molecule has 0 aromatic heterocycles. The Bertz CT molecular complexity index is 1070. The van der Waals surface area contributed by atoms with Gasteiger partial charge in [0, 0.05) is 24.3 Å². The molecule has 0 unspecified atom stereocenters. The van der Waals surface area contributed by atoms with E-state index in [-0.39, 0.29) is 20.5 Å². The second-order valence-corrected chi connectivity index (χ2v) is 9.41. The van der Waals surface area contributed by atoms with Gasteiger partial charge in [-0.1, -0.05) is 23.2 Å². The molecule has 1 fully saturated rings. The van der Waals surface area contributed by atoms with Crippen molar-refractivity contribution in [3.05, 3.63) is 45.9 Å². The smallest absolute Gasteiger partial charge is 0.255 e. The van der Waals surface area contributed by atoms with E-state index >= 15 is 0 Å². The van der Waals surface area contributed by atoms with Crippen LogP contribution in [0.3, 0.4) is 0 Å². The predicted molar refractivity (Wildman–Crippen MR) is 110 cm³/mol. The summed E-state index contributed by atoms with van der Waals surface area (Å²) in [5.74, 6) is 0.331. The summed E-state index contributed by atoms with van der Waals surface area (Å²) in [5.41, 5.74) is 0.571. The number of ether oxygens (including phenoxy) is 2. The maximum Gasteiger partial charge on any atom is 0.255 e. The Labute approximate surface area is 178 Å². The van der Waals surface area contributed by atoms with Gasteiger partial charge in [-0.2, -0.15) is 4.31 Å². The van der Waals surface area contributed by atoms with Crippen LogP contribution in [0.5, 0.6) is 11.5 Å². The molecule has 0 radical (unpaired) electrons. The van der Waals surface area contributed by atoms with E-state index in [2.05, 4.69) is 5.32 Å². The van der Waals surface area contributed by atoms with Gasteiger partial charge in [-0.3, -0.25) is 4.79 Å². The Morgan fingerprint density at radius 3 is 2.48 bits per heavy atom. The van der Waals surface area contributed by atoms with Crippen LogP contribution >= 0.6 is 23.2 Å². The molecule has 2 aliphatic rings. The van der Waals surface area contributed by atoms with Crippen LogP contribution in [0.25, 0.3) is 0 Å². The van der Waals surface area contributed by atoms with Gasteiger partial charge in [-0.05, 0) is 43.2 Å². The van der Waals surface area contributed by atoms with E-state index in [1.807, 2.05) is 0 Å². The number of benzene rings is 2. The summed E-state index contributed by atoms with van der Waals surface area (Å²) in [7, 11) is -3.72. The lowest BCUT2D eigenvalue weighted by atomic mass is 10.1. The summed E-state index contributed by atoms with van der Waals surface area (Å²) in [4.78, 5) is 12.7. The minimum absolute atomic E-state index is 0.0286. The summed E-state index contributed by atoms with van der Waals surface area (Å²) in [6, 6.07) is 7.38. The molecule has 4 rings (SSSR count). The normalized spacial score (nSPS) is 16.6. The van der Waals surface area contributed by atoms with Gasteiger partial charge in [-0.15, -0.1) is 0 Å². The molecule has 0 bridgehead atoms. The maximum atomic E-state index is 12.8. The first kappa shape index (κ1) is 20.3. The number of nitrogens with zero attached hydrogens (tertiary/aromatic N) is 1. The number of halogens is 2. The fraction of sp³-hybridized carbons (Fsp3) is 0.316. The van der Waals surface area contributed by atoms with Crippen LogP contribution in [-0.2, 0) is 10.0 Å². The van der Waals surface area contributed by atoms with Crippen LogP contribution in [0.1, 0.15) is 23.2 Å². The first-order chi connectivity index (χ1) is 13.9. The van der Waals surface area contributed by atoms with Gasteiger partial charge in [-0.25, -0.2) is 8.42 Å². The summed E-state index contributed by atoms with van der Waals surface area (Å²) in [5, 5.41) is 3.06. The number of fused-ring (bicyclic) bond motifs is 1. The van der Waals surface area contributed by atoms with Crippen molar-refractivity contribution in [1.29, 1.82) is 0 Å². The molecule has 0 saturated carbocycles. The van der Waals surface area contributed by atoms with Crippen molar-refractivity contribution >= 4 is 44.8 Å². The topological polar surface area (TPSA) is 84.9 Å². The van der Waals surface area contributed by atoms with E-state index in [1.54, 1.807) is 6.07 Å². The zero-order valence-electron chi connectivity index (χ0n) is 15.3. The highest BCUT2D eigenvalue weighted by Gasteiger charge is 2.29. The monoisotopic (exact) mass is 456 g/mol. The minimum Gasteiger partial charge on any atom is -0.486 e. The van der Waals surface area contributed by atoms with Gasteiger partial charge in [0.1, 0.15) is 18.1 Å². The predicted octanol–water partition coefficient (Wildman–Crippen LogP) is 3.80. The Morgan fingerprint density at radius 1 is 1.00 bits per heavy atom. The molecule has 0 spiro atoms. The van der Waals surface area contributed by atoms with Gasteiger partial charge < -0.3 is 14.8 Å². The Kier molecular flexibility index (Phi) is 5.61. The zero-order chi connectivity index (χ0) is 20.6. The van der Waals surface area contributed by atoms with Gasteiger partial charge in [0.05, 0.1) is 10.0 Å². The molecule has 1 amide bonds. The second-order valence-electron chi connectivity index (χ2n) is 6.69. The van der Waals surface area contributed by atoms with E-state index < -0.39 is 15.9 Å². The maximum absolute atomic E-state index is 12.8. The number of carbonyl (C=O) groups is 1. The third-order valence-corrected chi connectivity index (χ3v) is 7.39. The summed E-state index contributed by atoms with van der Waals surface area (Å²) in [6.45, 7) is 1.68. The van der Waals surface area contributed by atoms with Gasteiger partial charge >= 0.3 is 0 Å². The lowest BCUT2D eigenvalue weighted by Crippen LogP contribution is -2.28. The lowest BCUT2D eigenvalue weighted by Gasteiger charge is -2.20. The van der Waals surface area contributed by atoms with Crippen molar-refractivity contribution in [1.82, 2.24) is 4.31 Å².